The number of halogens is 4. The number of alkyl halides is 2. The van der Waals surface area contributed by atoms with E-state index in [9.17, 15) is 13.6 Å². The number of amides is 1. The summed E-state index contributed by atoms with van der Waals surface area (Å²) in [5, 5.41) is 5.53. The standard InChI is InChI=1S/C14H23F2N3O2S.2ClH/c15-14(16)7-11(17-9-14)12(20)18-8-13(1-6-22-10-13)19-2-4-21-5-3-19;;/h11,17H,1-10H2,(H,18,20);2*1H. The zero-order valence-corrected chi connectivity index (χ0v) is 15.8. The molecule has 0 aromatic heterocycles. The van der Waals surface area contributed by atoms with Crippen LogP contribution in [0.1, 0.15) is 12.8 Å². The van der Waals surface area contributed by atoms with Crippen LogP contribution in [-0.4, -0.2) is 79.2 Å². The lowest BCUT2D eigenvalue weighted by Crippen LogP contribution is -2.60. The van der Waals surface area contributed by atoms with Crippen molar-refractivity contribution in [3.63, 3.8) is 0 Å². The minimum atomic E-state index is -2.77. The van der Waals surface area contributed by atoms with Crippen molar-refractivity contribution in [2.45, 2.75) is 30.3 Å². The van der Waals surface area contributed by atoms with Crippen LogP contribution in [0, 0.1) is 0 Å². The molecule has 3 aliphatic heterocycles. The molecule has 0 radical (unpaired) electrons. The lowest BCUT2D eigenvalue weighted by Gasteiger charge is -2.43. The summed E-state index contributed by atoms with van der Waals surface area (Å²) in [5.41, 5.74) is -0.0504. The highest BCUT2D eigenvalue weighted by molar-refractivity contribution is 7.99. The van der Waals surface area contributed by atoms with Crippen LogP contribution in [-0.2, 0) is 9.53 Å². The second kappa shape index (κ2) is 9.19. The number of carbonyl (C=O) groups excluding carboxylic acids is 1. The maximum absolute atomic E-state index is 13.2. The van der Waals surface area contributed by atoms with E-state index in [-0.39, 0.29) is 36.3 Å². The lowest BCUT2D eigenvalue weighted by molar-refractivity contribution is -0.124. The highest BCUT2D eigenvalue weighted by atomic mass is 35.5. The van der Waals surface area contributed by atoms with E-state index in [1.54, 1.807) is 0 Å². The minimum absolute atomic E-state index is 0. The van der Waals surface area contributed by atoms with Crippen molar-refractivity contribution in [2.75, 3.05) is 50.9 Å². The van der Waals surface area contributed by atoms with Gasteiger partial charge in [0.15, 0.2) is 0 Å². The van der Waals surface area contributed by atoms with Crippen LogP contribution in [0.15, 0.2) is 0 Å². The maximum atomic E-state index is 13.2. The van der Waals surface area contributed by atoms with Crippen LogP contribution in [0.4, 0.5) is 8.78 Å². The molecule has 3 fully saturated rings. The predicted molar refractivity (Wildman–Crippen MR) is 95.9 cm³/mol. The largest absolute Gasteiger partial charge is 0.379 e. The summed E-state index contributed by atoms with van der Waals surface area (Å²) in [5.74, 6) is -1.02. The number of thioether (sulfide) groups is 1. The van der Waals surface area contributed by atoms with Gasteiger partial charge in [-0.2, -0.15) is 11.8 Å². The lowest BCUT2D eigenvalue weighted by atomic mass is 9.95. The first-order chi connectivity index (χ1) is 10.5. The molecule has 2 atom stereocenters. The Kier molecular flexibility index (Phi) is 8.49. The molecule has 3 aliphatic rings. The molecule has 5 nitrogen and oxygen atoms in total. The Labute approximate surface area is 157 Å². The summed E-state index contributed by atoms with van der Waals surface area (Å²) in [7, 11) is 0. The van der Waals surface area contributed by atoms with Crippen LogP contribution in [0.25, 0.3) is 0 Å². The van der Waals surface area contributed by atoms with E-state index >= 15 is 0 Å². The fourth-order valence-electron chi connectivity index (χ4n) is 3.41. The van der Waals surface area contributed by atoms with Crippen molar-refractivity contribution in [1.29, 1.82) is 0 Å². The molecule has 3 saturated heterocycles. The molecule has 24 heavy (non-hydrogen) atoms. The quantitative estimate of drug-likeness (QED) is 0.731. The molecule has 1 amide bonds. The summed E-state index contributed by atoms with van der Waals surface area (Å²) in [6.45, 7) is 3.30. The van der Waals surface area contributed by atoms with Crippen molar-refractivity contribution in [1.82, 2.24) is 15.5 Å². The third-order valence-electron chi connectivity index (χ3n) is 4.78. The smallest absolute Gasteiger partial charge is 0.262 e. The molecule has 2 N–H and O–H groups in total. The van der Waals surface area contributed by atoms with Gasteiger partial charge in [0.2, 0.25) is 5.91 Å². The van der Waals surface area contributed by atoms with Gasteiger partial charge in [0.05, 0.1) is 25.8 Å². The van der Waals surface area contributed by atoms with Gasteiger partial charge >= 0.3 is 0 Å². The molecule has 0 aliphatic carbocycles. The number of carbonyl (C=O) groups is 1. The third-order valence-corrected chi connectivity index (χ3v) is 6.02. The van der Waals surface area contributed by atoms with E-state index in [0.29, 0.717) is 6.54 Å². The second-order valence-electron chi connectivity index (χ2n) is 6.34. The van der Waals surface area contributed by atoms with Crippen LogP contribution in [0.2, 0.25) is 0 Å². The zero-order chi connectivity index (χ0) is 15.6. The Morgan fingerprint density at radius 3 is 2.58 bits per heavy atom. The molecule has 0 spiro atoms. The fraction of sp³-hybridized carbons (Fsp3) is 0.929. The second-order valence-corrected chi connectivity index (χ2v) is 7.44. The first-order valence-electron chi connectivity index (χ1n) is 7.80. The first-order valence-corrected chi connectivity index (χ1v) is 8.96. The molecule has 142 valence electrons. The number of hydrogen-bond acceptors (Lipinski definition) is 5. The number of ether oxygens (including phenoxy) is 1. The van der Waals surface area contributed by atoms with Crippen molar-refractivity contribution in [3.8, 4) is 0 Å². The van der Waals surface area contributed by atoms with E-state index in [2.05, 4.69) is 15.5 Å². The first kappa shape index (κ1) is 22.2. The van der Waals surface area contributed by atoms with E-state index in [0.717, 1.165) is 44.2 Å². The number of nitrogens with one attached hydrogen (secondary N) is 2. The van der Waals surface area contributed by atoms with E-state index in [1.165, 1.54) is 0 Å². The molecular weight excluding hydrogens is 383 g/mol. The van der Waals surface area contributed by atoms with Gasteiger partial charge in [0.25, 0.3) is 5.92 Å². The minimum Gasteiger partial charge on any atom is -0.379 e. The van der Waals surface area contributed by atoms with Crippen LogP contribution in [0.5, 0.6) is 0 Å². The van der Waals surface area contributed by atoms with E-state index in [1.807, 2.05) is 11.8 Å². The fourth-order valence-corrected chi connectivity index (χ4v) is 4.89. The summed E-state index contributed by atoms with van der Waals surface area (Å²) in [6, 6.07) is -0.772. The van der Waals surface area contributed by atoms with Crippen LogP contribution in [0.3, 0.4) is 0 Å². The van der Waals surface area contributed by atoms with Gasteiger partial charge in [-0.05, 0) is 12.2 Å². The average molecular weight is 408 g/mol. The molecule has 10 heteroatoms. The van der Waals surface area contributed by atoms with Crippen molar-refractivity contribution in [2.24, 2.45) is 0 Å². The Bertz CT molecular complexity index is 423. The van der Waals surface area contributed by atoms with E-state index in [4.69, 9.17) is 4.74 Å². The highest BCUT2D eigenvalue weighted by Crippen LogP contribution is 2.33. The molecule has 0 bridgehead atoms. The Hall–Kier alpha value is 0.140. The van der Waals surface area contributed by atoms with Crippen molar-refractivity contribution < 1.29 is 18.3 Å². The van der Waals surface area contributed by atoms with E-state index < -0.39 is 24.9 Å². The molecule has 3 rings (SSSR count). The molecule has 2 unspecified atom stereocenters. The normalized spacial score (nSPS) is 32.7. The summed E-state index contributed by atoms with van der Waals surface area (Å²) in [6.07, 6.45) is 0.615. The van der Waals surface area contributed by atoms with Gasteiger partial charge in [0, 0.05) is 37.3 Å². The molecule has 3 heterocycles. The monoisotopic (exact) mass is 407 g/mol. The SMILES string of the molecule is Cl.Cl.O=C(NCC1(N2CCOCC2)CCSC1)C1CC(F)(F)CN1. The van der Waals surface area contributed by atoms with Crippen molar-refractivity contribution in [3.05, 3.63) is 0 Å². The number of morpholine rings is 1. The van der Waals surface area contributed by atoms with Gasteiger partial charge in [-0.1, -0.05) is 0 Å². The topological polar surface area (TPSA) is 53.6 Å². The van der Waals surface area contributed by atoms with Gasteiger partial charge in [0.1, 0.15) is 0 Å². The van der Waals surface area contributed by atoms with Crippen molar-refractivity contribution >= 4 is 42.5 Å². The number of hydrogen-bond donors (Lipinski definition) is 2. The van der Waals surface area contributed by atoms with Crippen LogP contribution >= 0.6 is 36.6 Å². The van der Waals surface area contributed by atoms with Gasteiger partial charge in [-0.15, -0.1) is 24.8 Å². The number of nitrogens with zero attached hydrogens (tertiary/aromatic N) is 1. The van der Waals surface area contributed by atoms with Gasteiger partial charge in [-0.25, -0.2) is 8.78 Å². The molecule has 0 saturated carbocycles. The highest BCUT2D eigenvalue weighted by Gasteiger charge is 2.44. The molecule has 0 aromatic carbocycles. The number of rotatable bonds is 4. The average Bonchev–Trinajstić information content (AvgIpc) is 3.13. The zero-order valence-electron chi connectivity index (χ0n) is 13.4. The maximum Gasteiger partial charge on any atom is 0.262 e. The third kappa shape index (κ3) is 5.08. The predicted octanol–water partition coefficient (Wildman–Crippen LogP) is 1.15. The molecule has 0 aromatic rings. The summed E-state index contributed by atoms with van der Waals surface area (Å²) in [4.78, 5) is 14.6. The Morgan fingerprint density at radius 2 is 2.04 bits per heavy atom. The Morgan fingerprint density at radius 1 is 1.33 bits per heavy atom. The summed E-state index contributed by atoms with van der Waals surface area (Å²) < 4.78 is 31.8. The van der Waals surface area contributed by atoms with Crippen LogP contribution < -0.4 is 10.6 Å². The van der Waals surface area contributed by atoms with Gasteiger partial charge in [-0.3, -0.25) is 15.0 Å². The summed E-state index contributed by atoms with van der Waals surface area (Å²) >= 11 is 1.89. The molecular formula is C14H25Cl2F2N3O2S. The Balaban J connectivity index is 0.00000144. The van der Waals surface area contributed by atoms with Gasteiger partial charge < -0.3 is 10.1 Å².